The van der Waals surface area contributed by atoms with Gasteiger partial charge in [0.25, 0.3) is 10.0 Å². The summed E-state index contributed by atoms with van der Waals surface area (Å²) >= 11 is 3.41. The molecule has 10 heteroatoms. The van der Waals surface area contributed by atoms with Gasteiger partial charge in [-0.25, -0.2) is 12.8 Å². The van der Waals surface area contributed by atoms with Crippen LogP contribution < -0.4 is 9.62 Å². The van der Waals surface area contributed by atoms with Crippen molar-refractivity contribution in [1.82, 2.24) is 10.2 Å². The lowest BCUT2D eigenvalue weighted by molar-refractivity contribution is -0.139. The molecule has 36 heavy (non-hydrogen) atoms. The van der Waals surface area contributed by atoms with E-state index in [1.54, 1.807) is 32.0 Å². The van der Waals surface area contributed by atoms with E-state index in [0.717, 1.165) is 26.5 Å². The molecular formula is C26H27BrFN3O4S. The molecule has 0 aliphatic heterocycles. The van der Waals surface area contributed by atoms with Gasteiger partial charge in [-0.1, -0.05) is 46.3 Å². The van der Waals surface area contributed by atoms with Crippen molar-refractivity contribution in [2.45, 2.75) is 31.3 Å². The van der Waals surface area contributed by atoms with Gasteiger partial charge >= 0.3 is 0 Å². The first-order valence-electron chi connectivity index (χ1n) is 11.3. The van der Waals surface area contributed by atoms with Crippen LogP contribution in [0.3, 0.4) is 0 Å². The highest BCUT2D eigenvalue weighted by Crippen LogP contribution is 2.25. The number of sulfonamides is 1. The fourth-order valence-electron chi connectivity index (χ4n) is 3.59. The van der Waals surface area contributed by atoms with Gasteiger partial charge in [-0.2, -0.15) is 0 Å². The average molecular weight is 576 g/mol. The van der Waals surface area contributed by atoms with Crippen LogP contribution in [0.4, 0.5) is 10.1 Å². The summed E-state index contributed by atoms with van der Waals surface area (Å²) in [5.74, 6) is -1.49. The first kappa shape index (κ1) is 27.3. The highest BCUT2D eigenvalue weighted by Gasteiger charge is 2.32. The lowest BCUT2D eigenvalue weighted by Gasteiger charge is -2.32. The molecule has 0 aliphatic rings. The molecule has 3 aromatic carbocycles. The van der Waals surface area contributed by atoms with E-state index in [1.807, 2.05) is 24.3 Å². The van der Waals surface area contributed by atoms with Crippen LogP contribution in [0.5, 0.6) is 0 Å². The Hall–Kier alpha value is -3.24. The van der Waals surface area contributed by atoms with Crippen LogP contribution in [0.2, 0.25) is 0 Å². The van der Waals surface area contributed by atoms with E-state index in [0.29, 0.717) is 6.54 Å². The van der Waals surface area contributed by atoms with Gasteiger partial charge in [-0.15, -0.1) is 0 Å². The summed E-state index contributed by atoms with van der Waals surface area (Å²) in [6.45, 7) is 3.24. The number of halogens is 2. The van der Waals surface area contributed by atoms with Gasteiger partial charge in [0, 0.05) is 17.6 Å². The van der Waals surface area contributed by atoms with Crippen LogP contribution in [0.25, 0.3) is 0 Å². The predicted molar refractivity (Wildman–Crippen MR) is 140 cm³/mol. The lowest BCUT2D eigenvalue weighted by Crippen LogP contribution is -2.51. The molecule has 0 saturated carbocycles. The standard InChI is InChI=1S/C26H27BrFN3O4S/c1-3-29-26(33)19(2)30(17-20-8-7-9-21(27)16-20)25(32)18-31(23-14-12-22(28)13-15-23)36(34,35)24-10-5-4-6-11-24/h4-16,19H,3,17-18H2,1-2H3,(H,29,33)/t19-/m0/s1. The minimum atomic E-state index is -4.18. The van der Waals surface area contributed by atoms with Gasteiger partial charge in [0.1, 0.15) is 18.4 Å². The number of amides is 2. The molecule has 0 radical (unpaired) electrons. The topological polar surface area (TPSA) is 86.8 Å². The Balaban J connectivity index is 2.01. The Bertz CT molecular complexity index is 1300. The molecule has 0 heterocycles. The van der Waals surface area contributed by atoms with Crippen molar-refractivity contribution < 1.29 is 22.4 Å². The van der Waals surface area contributed by atoms with Gasteiger partial charge in [0.05, 0.1) is 10.6 Å². The van der Waals surface area contributed by atoms with E-state index < -0.39 is 34.3 Å². The summed E-state index contributed by atoms with van der Waals surface area (Å²) in [5, 5.41) is 2.71. The summed E-state index contributed by atoms with van der Waals surface area (Å²) in [7, 11) is -4.18. The number of benzene rings is 3. The minimum absolute atomic E-state index is 0.0163. The van der Waals surface area contributed by atoms with Crippen LogP contribution in [0.15, 0.2) is 88.2 Å². The smallest absolute Gasteiger partial charge is 0.264 e. The van der Waals surface area contributed by atoms with Crippen LogP contribution in [0, 0.1) is 5.82 Å². The van der Waals surface area contributed by atoms with Crippen molar-refractivity contribution in [2.75, 3.05) is 17.4 Å². The Labute approximate surface area is 219 Å². The van der Waals surface area contributed by atoms with Crippen molar-refractivity contribution in [2.24, 2.45) is 0 Å². The van der Waals surface area contributed by atoms with Gasteiger partial charge in [0.15, 0.2) is 0 Å². The van der Waals surface area contributed by atoms with Crippen molar-refractivity contribution in [1.29, 1.82) is 0 Å². The molecule has 3 rings (SSSR count). The molecule has 0 saturated heterocycles. The number of carbonyl (C=O) groups is 2. The number of likely N-dealkylation sites (N-methyl/N-ethyl adjacent to an activating group) is 1. The van der Waals surface area contributed by atoms with Gasteiger partial charge in [-0.05, 0) is 67.9 Å². The highest BCUT2D eigenvalue weighted by atomic mass is 79.9. The molecular weight excluding hydrogens is 549 g/mol. The average Bonchev–Trinajstić information content (AvgIpc) is 2.86. The Morgan fingerprint density at radius 1 is 1.00 bits per heavy atom. The van der Waals surface area contributed by atoms with E-state index in [-0.39, 0.29) is 23.0 Å². The first-order valence-corrected chi connectivity index (χ1v) is 13.5. The molecule has 2 amide bonds. The minimum Gasteiger partial charge on any atom is -0.355 e. The van der Waals surface area contributed by atoms with Crippen LogP contribution >= 0.6 is 15.9 Å². The molecule has 3 aromatic rings. The predicted octanol–water partition coefficient (Wildman–Crippen LogP) is 4.34. The lowest BCUT2D eigenvalue weighted by atomic mass is 10.1. The van der Waals surface area contributed by atoms with E-state index in [2.05, 4.69) is 21.2 Å². The fraction of sp³-hybridized carbons (Fsp3) is 0.231. The molecule has 0 bridgehead atoms. The second-order valence-corrected chi connectivity index (χ2v) is 10.8. The molecule has 1 atom stereocenters. The van der Waals surface area contributed by atoms with Crippen molar-refractivity contribution in [3.05, 3.63) is 94.7 Å². The van der Waals surface area contributed by atoms with Gasteiger partial charge in [0.2, 0.25) is 11.8 Å². The largest absolute Gasteiger partial charge is 0.355 e. The molecule has 0 aromatic heterocycles. The van der Waals surface area contributed by atoms with Gasteiger partial charge in [-0.3, -0.25) is 13.9 Å². The molecule has 0 unspecified atom stereocenters. The number of carbonyl (C=O) groups excluding carboxylic acids is 2. The highest BCUT2D eigenvalue weighted by molar-refractivity contribution is 9.10. The van der Waals surface area contributed by atoms with Crippen molar-refractivity contribution in [3.63, 3.8) is 0 Å². The normalized spacial score (nSPS) is 12.0. The number of nitrogens with zero attached hydrogens (tertiary/aromatic N) is 2. The number of nitrogens with one attached hydrogen (secondary N) is 1. The van der Waals surface area contributed by atoms with Gasteiger partial charge < -0.3 is 10.2 Å². The number of rotatable bonds is 10. The monoisotopic (exact) mass is 575 g/mol. The van der Waals surface area contributed by atoms with Crippen molar-refractivity contribution in [3.8, 4) is 0 Å². The van der Waals surface area contributed by atoms with E-state index in [4.69, 9.17) is 0 Å². The third-order valence-electron chi connectivity index (χ3n) is 5.48. The van der Waals surface area contributed by atoms with Crippen LogP contribution in [0.1, 0.15) is 19.4 Å². The Morgan fingerprint density at radius 2 is 1.67 bits per heavy atom. The molecule has 7 nitrogen and oxygen atoms in total. The number of hydrogen-bond donors (Lipinski definition) is 1. The zero-order valence-corrected chi connectivity index (χ0v) is 22.3. The zero-order valence-electron chi connectivity index (χ0n) is 19.9. The third kappa shape index (κ3) is 6.70. The maximum atomic E-state index is 13.7. The van der Waals surface area contributed by atoms with Crippen molar-refractivity contribution >= 4 is 43.5 Å². The Kier molecular flexibility index (Phi) is 9.22. The molecule has 0 fully saturated rings. The molecule has 0 aliphatic carbocycles. The molecule has 1 N–H and O–H groups in total. The summed E-state index contributed by atoms with van der Waals surface area (Å²) in [6.07, 6.45) is 0. The zero-order chi connectivity index (χ0) is 26.3. The maximum Gasteiger partial charge on any atom is 0.264 e. The SMILES string of the molecule is CCNC(=O)[C@H](C)N(Cc1cccc(Br)c1)C(=O)CN(c1ccc(F)cc1)S(=O)(=O)c1ccccc1. The first-order chi connectivity index (χ1) is 17.1. The molecule has 190 valence electrons. The van der Waals surface area contributed by atoms with Crippen LogP contribution in [-0.2, 0) is 26.2 Å². The third-order valence-corrected chi connectivity index (χ3v) is 7.77. The summed E-state index contributed by atoms with van der Waals surface area (Å²) in [6, 6.07) is 19.0. The van der Waals surface area contributed by atoms with E-state index >= 15 is 0 Å². The fourth-order valence-corrected chi connectivity index (χ4v) is 5.47. The second kappa shape index (κ2) is 12.1. The van der Waals surface area contributed by atoms with E-state index in [1.165, 1.54) is 29.2 Å². The van der Waals surface area contributed by atoms with E-state index in [9.17, 15) is 22.4 Å². The summed E-state index contributed by atoms with van der Waals surface area (Å²) in [5.41, 5.74) is 0.884. The van der Waals surface area contributed by atoms with Crippen LogP contribution in [-0.4, -0.2) is 44.3 Å². The summed E-state index contributed by atoms with van der Waals surface area (Å²) in [4.78, 5) is 27.7. The number of anilines is 1. The molecule has 0 spiro atoms. The number of hydrogen-bond acceptors (Lipinski definition) is 4. The quantitative estimate of drug-likeness (QED) is 0.389. The second-order valence-electron chi connectivity index (χ2n) is 8.02. The maximum absolute atomic E-state index is 13.7. The Morgan fingerprint density at radius 3 is 2.28 bits per heavy atom. The summed E-state index contributed by atoms with van der Waals surface area (Å²) < 4.78 is 42.5.